The van der Waals surface area contributed by atoms with E-state index in [9.17, 15) is 83.0 Å². The minimum Gasteiger partial charge on any atom is -0.477 e. The fourth-order valence-electron chi connectivity index (χ4n) is 10.1. The Morgan fingerprint density at radius 2 is 0.833 bits per heavy atom. The van der Waals surface area contributed by atoms with Crippen LogP contribution in [0, 0.1) is 58.6 Å². The number of nitrogens with two attached hydrogens (primary N) is 2. The maximum absolute atomic E-state index is 15.2. The third-order valence-corrected chi connectivity index (χ3v) is 14.6. The monoisotopic (exact) mass is 1310 g/mol. The first-order valence-electron chi connectivity index (χ1n) is 26.7. The number of hydrogen-bond acceptors (Lipinski definition) is 18. The number of pyridine rings is 4. The van der Waals surface area contributed by atoms with Crippen molar-refractivity contribution in [1.29, 1.82) is 0 Å². The molecule has 12 N–H and O–H groups in total. The second-order valence-electron chi connectivity index (χ2n) is 21.7. The molecule has 4 fully saturated rings. The molecule has 6 heterocycles. The normalized spacial score (nSPS) is 20.0. The number of carboxylic acids is 2. The summed E-state index contributed by atoms with van der Waals surface area (Å²) in [6.45, 7) is 7.33. The van der Waals surface area contributed by atoms with Crippen molar-refractivity contribution in [3.8, 4) is 11.4 Å². The quantitative estimate of drug-likeness (QED) is 0.0533. The third-order valence-electron chi connectivity index (χ3n) is 14.6. The molecular formula is C54H58F6N12O16S2. The number of anilines is 2. The largest absolute Gasteiger partial charge is 0.477 e. The molecule has 36 heteroatoms. The van der Waals surface area contributed by atoms with E-state index >= 15 is 8.78 Å². The predicted molar refractivity (Wildman–Crippen MR) is 308 cm³/mol. The van der Waals surface area contributed by atoms with E-state index in [2.05, 4.69) is 31.2 Å². The number of carboxylic acid groups (broad SMARTS) is 2. The van der Waals surface area contributed by atoms with Gasteiger partial charge >= 0.3 is 11.9 Å². The molecule has 4 aliphatic rings. The van der Waals surface area contributed by atoms with Crippen LogP contribution in [0.1, 0.15) is 48.4 Å². The molecule has 10 rings (SSSR count). The highest BCUT2D eigenvalue weighted by Gasteiger charge is 2.58. The Balaban J connectivity index is 0.000000222. The molecule has 4 amide bonds. The predicted octanol–water partition coefficient (Wildman–Crippen LogP) is 0.816. The number of nitrogens with zero attached hydrogens (tertiary/aromatic N) is 6. The number of piperidine rings is 2. The lowest BCUT2D eigenvalue weighted by Crippen LogP contribution is -2.50. The van der Waals surface area contributed by atoms with Crippen LogP contribution in [-0.2, 0) is 39.4 Å². The van der Waals surface area contributed by atoms with Gasteiger partial charge in [-0.1, -0.05) is 0 Å². The summed E-state index contributed by atoms with van der Waals surface area (Å²) in [6.07, 6.45) is 3.17. The Labute approximate surface area is 505 Å². The molecule has 6 aromatic rings. The molecule has 2 unspecified atom stereocenters. The van der Waals surface area contributed by atoms with E-state index in [0.717, 1.165) is 57.9 Å². The van der Waals surface area contributed by atoms with Gasteiger partial charge in [-0.2, -0.15) is 16.8 Å². The molecule has 484 valence electrons. The molecule has 28 nitrogen and oxygen atoms in total. The SMILES string of the molecule is CS(=O)(=O)O.CS(=O)(=O)O.C[C@H](N)C(=O)N[C@@H](C)C(=O)NC1[C@H]2CN(c3nc4c(cc3F)c(=O)c(C(=O)O)cn4-c3ccc(F)cc3F)C[C@@H]12.C[C@H](N)C(=O)N[C@@H](C)C(=O)NC1[C@H]2CN(c3nc4c(cc3F)c(=O)c(C(=O)O)cn4-c3ccc(F)cc3F)C[C@@H]12. The third kappa shape index (κ3) is 16.0. The van der Waals surface area contributed by atoms with Crippen molar-refractivity contribution in [3.63, 3.8) is 0 Å². The summed E-state index contributed by atoms with van der Waals surface area (Å²) in [6, 6.07) is 3.43. The second-order valence-corrected chi connectivity index (χ2v) is 24.6. The molecule has 2 aromatic carbocycles. The highest BCUT2D eigenvalue weighted by atomic mass is 32.2. The zero-order valence-electron chi connectivity index (χ0n) is 48.0. The van der Waals surface area contributed by atoms with Gasteiger partial charge in [0.2, 0.25) is 34.5 Å². The second kappa shape index (κ2) is 26.5. The van der Waals surface area contributed by atoms with E-state index in [1.165, 1.54) is 27.7 Å². The Morgan fingerprint density at radius 1 is 0.533 bits per heavy atom. The molecule has 0 bridgehead atoms. The Morgan fingerprint density at radius 3 is 1.10 bits per heavy atom. The van der Waals surface area contributed by atoms with Gasteiger partial charge in [0, 0.05) is 86.5 Å². The molecule has 4 aromatic heterocycles. The van der Waals surface area contributed by atoms with Crippen LogP contribution in [0.4, 0.5) is 38.0 Å². The van der Waals surface area contributed by atoms with Crippen LogP contribution in [0.5, 0.6) is 0 Å². The first-order chi connectivity index (χ1) is 41.7. The van der Waals surface area contributed by atoms with Gasteiger partial charge in [-0.3, -0.25) is 47.0 Å². The number of halogens is 6. The van der Waals surface area contributed by atoms with Crippen molar-refractivity contribution >= 4 is 89.5 Å². The van der Waals surface area contributed by atoms with Crippen LogP contribution in [0.3, 0.4) is 0 Å². The van der Waals surface area contributed by atoms with Gasteiger partial charge in [0.25, 0.3) is 20.2 Å². The minimum atomic E-state index is -3.67. The van der Waals surface area contributed by atoms with Crippen LogP contribution in [0.25, 0.3) is 33.4 Å². The van der Waals surface area contributed by atoms with Crippen LogP contribution in [0.15, 0.2) is 70.5 Å². The van der Waals surface area contributed by atoms with Crippen LogP contribution in [0.2, 0.25) is 0 Å². The Hall–Kier alpha value is -9.10. The van der Waals surface area contributed by atoms with Crippen molar-refractivity contribution < 1.29 is 91.3 Å². The van der Waals surface area contributed by atoms with Crippen LogP contribution < -0.4 is 53.4 Å². The van der Waals surface area contributed by atoms with Crippen molar-refractivity contribution in [1.82, 2.24) is 40.4 Å². The number of rotatable bonds is 14. The van der Waals surface area contributed by atoms with Crippen molar-refractivity contribution in [2.45, 2.75) is 63.9 Å². The van der Waals surface area contributed by atoms with Crippen LogP contribution in [-0.4, -0.2) is 166 Å². The summed E-state index contributed by atoms with van der Waals surface area (Å²) in [7, 11) is -7.33. The zero-order chi connectivity index (χ0) is 67.1. The number of carbonyl (C=O) groups is 6. The van der Waals surface area contributed by atoms with Gasteiger partial charge in [0.1, 0.15) is 46.5 Å². The van der Waals surface area contributed by atoms with Gasteiger partial charge in [-0.15, -0.1) is 0 Å². The number of amides is 4. The van der Waals surface area contributed by atoms with Crippen molar-refractivity contribution in [3.05, 3.63) is 127 Å². The zero-order valence-corrected chi connectivity index (χ0v) is 49.6. The van der Waals surface area contributed by atoms with Gasteiger partial charge in [-0.05, 0) is 64.1 Å². The molecule has 10 atom stereocenters. The molecule has 2 aliphatic carbocycles. The fraction of sp³-hybridized carbons (Fsp3) is 0.370. The number of hydrogen-bond donors (Lipinski definition) is 10. The highest BCUT2D eigenvalue weighted by Crippen LogP contribution is 2.48. The van der Waals surface area contributed by atoms with E-state index in [1.54, 1.807) is 9.80 Å². The van der Waals surface area contributed by atoms with E-state index in [0.29, 0.717) is 50.8 Å². The van der Waals surface area contributed by atoms with Crippen molar-refractivity contribution in [2.24, 2.45) is 35.1 Å². The van der Waals surface area contributed by atoms with E-state index in [-0.39, 0.29) is 92.6 Å². The molecule has 2 saturated heterocycles. The fourth-order valence-corrected chi connectivity index (χ4v) is 10.1. The molecule has 0 spiro atoms. The van der Waals surface area contributed by atoms with Gasteiger partial charge < -0.3 is 52.7 Å². The minimum absolute atomic E-state index is 0.0247. The van der Waals surface area contributed by atoms with Crippen LogP contribution >= 0.6 is 0 Å². The number of aromatic nitrogens is 4. The first-order valence-corrected chi connectivity index (χ1v) is 30.4. The number of aromatic carboxylic acids is 2. The average Bonchev–Trinajstić information content (AvgIpc) is 1.44. The summed E-state index contributed by atoms with van der Waals surface area (Å²) < 4.78 is 141. The average molecular weight is 1310 g/mol. The summed E-state index contributed by atoms with van der Waals surface area (Å²) in [5, 5.41) is 29.0. The lowest BCUT2D eigenvalue weighted by molar-refractivity contribution is -0.129. The topological polar surface area (TPSA) is 428 Å². The summed E-state index contributed by atoms with van der Waals surface area (Å²) in [4.78, 5) is 109. The molecule has 0 radical (unpaired) electrons. The number of benzene rings is 2. The smallest absolute Gasteiger partial charge is 0.341 e. The number of fused-ring (bicyclic) bond motifs is 4. The maximum Gasteiger partial charge on any atom is 0.341 e. The number of nitrogens with one attached hydrogen (secondary N) is 4. The molecule has 2 aliphatic heterocycles. The lowest BCUT2D eigenvalue weighted by Gasteiger charge is -2.23. The Kier molecular flexibility index (Phi) is 20.2. The van der Waals surface area contributed by atoms with E-state index < -0.39 is 125 Å². The first kappa shape index (κ1) is 68.4. The van der Waals surface area contributed by atoms with Gasteiger partial charge in [0.05, 0.1) is 46.7 Å². The Bertz CT molecular complexity index is 3970. The summed E-state index contributed by atoms with van der Waals surface area (Å²) >= 11 is 0. The summed E-state index contributed by atoms with van der Waals surface area (Å²) in [5.74, 6) is -10.8. The molecule has 90 heavy (non-hydrogen) atoms. The van der Waals surface area contributed by atoms with Crippen molar-refractivity contribution in [2.75, 3.05) is 48.5 Å². The lowest BCUT2D eigenvalue weighted by atomic mass is 10.1. The van der Waals surface area contributed by atoms with E-state index in [4.69, 9.17) is 20.6 Å². The van der Waals surface area contributed by atoms with Gasteiger partial charge in [0.15, 0.2) is 34.6 Å². The van der Waals surface area contributed by atoms with E-state index in [1.807, 2.05) is 0 Å². The molecular weight excluding hydrogens is 1250 g/mol. The molecule has 2 saturated carbocycles. The summed E-state index contributed by atoms with van der Waals surface area (Å²) in [5.41, 5.74) is 6.56. The standard InChI is InChI=1S/2C26H25F3N6O5.2CH4O3S/c2*1-10(30)24(37)31-11(2)25(38)32-20-14-7-34(8-15(14)20)23-18(29)6-13-21(36)16(26(39)40)9-35(22(13)33-23)19-4-3-12(27)5-17(19)28;2*1-5(2,3)4/h2*3-6,9-11,14-15,20H,7-8,30H2,1-2H3,(H,31,37)(H,32,38)(H,39,40);2*1H3,(H,2,3,4)/t2*10-,11-,14-,15+,20?;;/m00../s1. The van der Waals surface area contributed by atoms with Gasteiger partial charge in [-0.25, -0.2) is 45.9 Å². The highest BCUT2D eigenvalue weighted by molar-refractivity contribution is 7.85. The number of carbonyl (C=O) groups excluding carboxylic acids is 4. The maximum atomic E-state index is 15.2.